The van der Waals surface area contributed by atoms with Crippen molar-refractivity contribution < 1.29 is 4.52 Å². The molecule has 0 aromatic carbocycles. The predicted octanol–water partition coefficient (Wildman–Crippen LogP) is 2.92. The van der Waals surface area contributed by atoms with Crippen LogP contribution in [0.2, 0.25) is 0 Å². The summed E-state index contributed by atoms with van der Waals surface area (Å²) in [4.78, 5) is 4.09. The minimum atomic E-state index is 0.614. The molecule has 2 heterocycles. The fraction of sp³-hybridized carbons (Fsp3) is 0.333. The minimum absolute atomic E-state index is 0.614. The first-order valence-corrected chi connectivity index (χ1v) is 5.23. The first-order valence-electron chi connectivity index (χ1n) is 5.23. The predicted molar refractivity (Wildman–Crippen MR) is 56.4 cm³/mol. The number of hydrogen-bond donors (Lipinski definition) is 0. The third kappa shape index (κ3) is 1.44. The highest BCUT2D eigenvalue weighted by Crippen LogP contribution is 2.43. The second-order valence-corrected chi connectivity index (χ2v) is 4.04. The van der Waals surface area contributed by atoms with Gasteiger partial charge in [-0.15, -0.1) is 0 Å². The Labute approximate surface area is 88.1 Å². The van der Waals surface area contributed by atoms with Crippen LogP contribution in [0.1, 0.15) is 30.1 Å². The highest BCUT2D eigenvalue weighted by Gasteiger charge is 2.30. The molecule has 0 unspecified atom stereocenters. The monoisotopic (exact) mass is 200 g/mol. The van der Waals surface area contributed by atoms with Gasteiger partial charge >= 0.3 is 0 Å². The molecule has 1 aliphatic carbocycles. The number of rotatable bonds is 2. The molecule has 0 saturated heterocycles. The first-order chi connectivity index (χ1) is 7.36. The fourth-order valence-electron chi connectivity index (χ4n) is 1.85. The maximum absolute atomic E-state index is 5.40. The van der Waals surface area contributed by atoms with E-state index in [1.807, 2.05) is 18.3 Å². The maximum Gasteiger partial charge on any atom is 0.143 e. The van der Waals surface area contributed by atoms with Gasteiger partial charge in [-0.05, 0) is 31.9 Å². The molecule has 1 aliphatic rings. The van der Waals surface area contributed by atoms with Crippen LogP contribution in [0.3, 0.4) is 0 Å². The summed E-state index contributed by atoms with van der Waals surface area (Å²) in [5.74, 6) is 1.68. The van der Waals surface area contributed by atoms with E-state index in [1.165, 1.54) is 18.4 Å². The van der Waals surface area contributed by atoms with Crippen LogP contribution in [0.25, 0.3) is 11.3 Å². The van der Waals surface area contributed by atoms with E-state index in [-0.39, 0.29) is 0 Å². The molecule has 0 spiro atoms. The molecule has 3 heteroatoms. The molecule has 76 valence electrons. The van der Waals surface area contributed by atoms with Crippen molar-refractivity contribution in [3.63, 3.8) is 0 Å². The van der Waals surface area contributed by atoms with E-state index in [9.17, 15) is 0 Å². The van der Waals surface area contributed by atoms with E-state index in [0.29, 0.717) is 5.92 Å². The quantitative estimate of drug-likeness (QED) is 0.748. The summed E-state index contributed by atoms with van der Waals surface area (Å²) in [6.45, 7) is 2.08. The standard InChI is InChI=1S/C12H12N2O/c1-8-11(10-3-2-6-13-7-10)14-15-12(8)9-4-5-9/h2-3,6-7,9H,4-5H2,1H3. The lowest BCUT2D eigenvalue weighted by Crippen LogP contribution is -1.83. The topological polar surface area (TPSA) is 38.9 Å². The SMILES string of the molecule is Cc1c(-c2cccnc2)noc1C1CC1. The molecule has 0 aliphatic heterocycles. The summed E-state index contributed by atoms with van der Waals surface area (Å²) in [7, 11) is 0. The number of nitrogens with zero attached hydrogens (tertiary/aromatic N) is 2. The Hall–Kier alpha value is -1.64. The highest BCUT2D eigenvalue weighted by atomic mass is 16.5. The van der Waals surface area contributed by atoms with Crippen LogP contribution in [0.15, 0.2) is 29.0 Å². The third-order valence-corrected chi connectivity index (χ3v) is 2.84. The van der Waals surface area contributed by atoms with Gasteiger partial charge in [0.2, 0.25) is 0 Å². The lowest BCUT2D eigenvalue weighted by Gasteiger charge is -1.95. The van der Waals surface area contributed by atoms with Crippen molar-refractivity contribution in [2.75, 3.05) is 0 Å². The summed E-state index contributed by atoms with van der Waals surface area (Å²) in [5, 5.41) is 4.13. The van der Waals surface area contributed by atoms with Crippen molar-refractivity contribution in [3.05, 3.63) is 35.9 Å². The molecule has 0 N–H and O–H groups in total. The van der Waals surface area contributed by atoms with Crippen molar-refractivity contribution in [3.8, 4) is 11.3 Å². The van der Waals surface area contributed by atoms with Crippen LogP contribution >= 0.6 is 0 Å². The fourth-order valence-corrected chi connectivity index (χ4v) is 1.85. The minimum Gasteiger partial charge on any atom is -0.360 e. The van der Waals surface area contributed by atoms with Crippen LogP contribution in [-0.4, -0.2) is 10.1 Å². The van der Waals surface area contributed by atoms with Gasteiger partial charge in [-0.1, -0.05) is 5.16 Å². The molecule has 3 rings (SSSR count). The zero-order valence-electron chi connectivity index (χ0n) is 8.60. The Morgan fingerprint density at radius 3 is 2.93 bits per heavy atom. The van der Waals surface area contributed by atoms with Crippen LogP contribution in [0.5, 0.6) is 0 Å². The van der Waals surface area contributed by atoms with Gasteiger partial charge in [0, 0.05) is 29.4 Å². The molecule has 0 bridgehead atoms. The second kappa shape index (κ2) is 3.19. The van der Waals surface area contributed by atoms with Gasteiger partial charge in [-0.25, -0.2) is 0 Å². The summed E-state index contributed by atoms with van der Waals surface area (Å²) in [6, 6.07) is 3.93. The van der Waals surface area contributed by atoms with Gasteiger partial charge in [0.05, 0.1) is 0 Å². The van der Waals surface area contributed by atoms with Gasteiger partial charge in [-0.2, -0.15) is 0 Å². The van der Waals surface area contributed by atoms with Crippen LogP contribution in [0.4, 0.5) is 0 Å². The molecule has 2 aromatic rings. The van der Waals surface area contributed by atoms with Gasteiger partial charge < -0.3 is 4.52 Å². The molecule has 0 atom stereocenters. The van der Waals surface area contributed by atoms with Crippen LogP contribution < -0.4 is 0 Å². The molecular formula is C12H12N2O. The zero-order valence-corrected chi connectivity index (χ0v) is 8.60. The van der Waals surface area contributed by atoms with Gasteiger partial charge in [0.15, 0.2) is 0 Å². The lowest BCUT2D eigenvalue weighted by atomic mass is 10.1. The van der Waals surface area contributed by atoms with Crippen LogP contribution in [0, 0.1) is 6.92 Å². The molecule has 2 aromatic heterocycles. The van der Waals surface area contributed by atoms with E-state index < -0.39 is 0 Å². The van der Waals surface area contributed by atoms with Gasteiger partial charge in [0.1, 0.15) is 11.5 Å². The molecule has 1 saturated carbocycles. The van der Waals surface area contributed by atoms with Crippen molar-refractivity contribution in [1.82, 2.24) is 10.1 Å². The zero-order chi connectivity index (χ0) is 10.3. The first kappa shape index (κ1) is 8.65. The Morgan fingerprint density at radius 1 is 1.40 bits per heavy atom. The smallest absolute Gasteiger partial charge is 0.143 e. The van der Waals surface area contributed by atoms with E-state index in [1.54, 1.807) is 6.20 Å². The van der Waals surface area contributed by atoms with E-state index in [0.717, 1.165) is 17.0 Å². The van der Waals surface area contributed by atoms with Gasteiger partial charge in [-0.3, -0.25) is 4.98 Å². The number of hydrogen-bond acceptors (Lipinski definition) is 3. The highest BCUT2D eigenvalue weighted by molar-refractivity contribution is 5.62. The van der Waals surface area contributed by atoms with Crippen molar-refractivity contribution >= 4 is 0 Å². The molecular weight excluding hydrogens is 188 g/mol. The van der Waals surface area contributed by atoms with E-state index in [2.05, 4.69) is 17.1 Å². The third-order valence-electron chi connectivity index (χ3n) is 2.84. The van der Waals surface area contributed by atoms with Crippen molar-refractivity contribution in [2.24, 2.45) is 0 Å². The van der Waals surface area contributed by atoms with Crippen molar-refractivity contribution in [1.29, 1.82) is 0 Å². The summed E-state index contributed by atoms with van der Waals surface area (Å²) < 4.78 is 5.40. The van der Waals surface area contributed by atoms with E-state index >= 15 is 0 Å². The Kier molecular flexibility index (Phi) is 1.84. The van der Waals surface area contributed by atoms with Crippen LogP contribution in [-0.2, 0) is 0 Å². The largest absolute Gasteiger partial charge is 0.360 e. The molecule has 0 radical (unpaired) electrons. The number of aromatic nitrogens is 2. The Balaban J connectivity index is 2.05. The van der Waals surface area contributed by atoms with Gasteiger partial charge in [0.25, 0.3) is 0 Å². The molecule has 3 nitrogen and oxygen atoms in total. The molecule has 15 heavy (non-hydrogen) atoms. The molecule has 1 fully saturated rings. The normalized spacial score (nSPS) is 15.5. The maximum atomic E-state index is 5.40. The summed E-state index contributed by atoms with van der Waals surface area (Å²) in [5.41, 5.74) is 3.14. The Morgan fingerprint density at radius 2 is 2.27 bits per heavy atom. The van der Waals surface area contributed by atoms with Crippen molar-refractivity contribution in [2.45, 2.75) is 25.7 Å². The second-order valence-electron chi connectivity index (χ2n) is 4.04. The number of pyridine rings is 1. The average molecular weight is 200 g/mol. The van der Waals surface area contributed by atoms with E-state index in [4.69, 9.17) is 4.52 Å². The lowest BCUT2D eigenvalue weighted by molar-refractivity contribution is 0.385. The summed E-state index contributed by atoms with van der Waals surface area (Å²) in [6.07, 6.45) is 6.06. The Bertz CT molecular complexity index is 472. The summed E-state index contributed by atoms with van der Waals surface area (Å²) >= 11 is 0. The average Bonchev–Trinajstić information content (AvgIpc) is 3.04. The molecule has 0 amide bonds.